The number of aryl methyl sites for hydroxylation is 1. The van der Waals surface area contributed by atoms with Crippen LogP contribution < -0.4 is 5.32 Å². The minimum atomic E-state index is -3.30. The van der Waals surface area contributed by atoms with E-state index in [1.165, 1.54) is 42.5 Å². The zero-order valence-electron chi connectivity index (χ0n) is 13.0. The van der Waals surface area contributed by atoms with Gasteiger partial charge in [-0.2, -0.15) is 0 Å². The van der Waals surface area contributed by atoms with Gasteiger partial charge >= 0.3 is 0 Å². The molecule has 1 amide bonds. The van der Waals surface area contributed by atoms with Gasteiger partial charge in [0.15, 0.2) is 15.6 Å². The topological polar surface area (TPSA) is 76.4 Å². The van der Waals surface area contributed by atoms with E-state index in [4.69, 9.17) is 4.42 Å². The molecule has 1 N–H and O–H groups in total. The molecule has 0 saturated heterocycles. The number of carbonyl (C=O) groups excluding carboxylic acids is 1. The molecule has 0 radical (unpaired) electrons. The van der Waals surface area contributed by atoms with Crippen LogP contribution in [-0.2, 0) is 9.84 Å². The molecule has 0 saturated carbocycles. The van der Waals surface area contributed by atoms with Crippen LogP contribution in [0.4, 0.5) is 10.1 Å². The van der Waals surface area contributed by atoms with Gasteiger partial charge in [0.25, 0.3) is 5.91 Å². The lowest BCUT2D eigenvalue weighted by atomic mass is 10.1. The van der Waals surface area contributed by atoms with Crippen LogP contribution in [0.15, 0.2) is 51.8 Å². The minimum absolute atomic E-state index is 0.0859. The SMILES string of the molecule is Cc1c(C(=O)Nc2ccc(S(C)(=O)=O)cc2)oc2ccc(F)cc12. The van der Waals surface area contributed by atoms with Crippen molar-refractivity contribution in [3.8, 4) is 0 Å². The first-order valence-electron chi connectivity index (χ1n) is 7.06. The molecule has 1 heterocycles. The minimum Gasteiger partial charge on any atom is -0.451 e. The van der Waals surface area contributed by atoms with E-state index < -0.39 is 21.6 Å². The van der Waals surface area contributed by atoms with Crippen molar-refractivity contribution in [1.29, 1.82) is 0 Å². The molecule has 0 aliphatic heterocycles. The molecular weight excluding hydrogens is 333 g/mol. The Morgan fingerprint density at radius 3 is 2.42 bits per heavy atom. The molecule has 0 atom stereocenters. The number of hydrogen-bond donors (Lipinski definition) is 1. The summed E-state index contributed by atoms with van der Waals surface area (Å²) >= 11 is 0. The molecule has 0 spiro atoms. The molecule has 0 fully saturated rings. The number of halogens is 1. The molecule has 5 nitrogen and oxygen atoms in total. The van der Waals surface area contributed by atoms with Gasteiger partial charge in [-0.05, 0) is 49.4 Å². The molecule has 1 aromatic heterocycles. The van der Waals surface area contributed by atoms with Crippen molar-refractivity contribution >= 4 is 32.4 Å². The second-order valence-corrected chi connectivity index (χ2v) is 7.46. The number of carbonyl (C=O) groups is 1. The Balaban J connectivity index is 1.89. The summed E-state index contributed by atoms with van der Waals surface area (Å²) in [5.41, 5.74) is 1.39. The number of nitrogens with one attached hydrogen (secondary N) is 1. The largest absolute Gasteiger partial charge is 0.451 e. The summed E-state index contributed by atoms with van der Waals surface area (Å²) in [6.45, 7) is 1.67. The van der Waals surface area contributed by atoms with Gasteiger partial charge in [-0.3, -0.25) is 4.79 Å². The van der Waals surface area contributed by atoms with E-state index >= 15 is 0 Å². The Morgan fingerprint density at radius 1 is 1.12 bits per heavy atom. The Kier molecular flexibility index (Phi) is 3.88. The van der Waals surface area contributed by atoms with E-state index in [-0.39, 0.29) is 10.7 Å². The third-order valence-electron chi connectivity index (χ3n) is 3.64. The molecule has 124 valence electrons. The molecule has 2 aromatic carbocycles. The fraction of sp³-hybridized carbons (Fsp3) is 0.118. The summed E-state index contributed by atoms with van der Waals surface area (Å²) < 4.78 is 41.7. The van der Waals surface area contributed by atoms with Crippen molar-refractivity contribution in [2.75, 3.05) is 11.6 Å². The summed E-state index contributed by atoms with van der Waals surface area (Å²) in [5, 5.41) is 3.17. The molecule has 7 heteroatoms. The van der Waals surface area contributed by atoms with Crippen LogP contribution in [0, 0.1) is 12.7 Å². The summed E-state index contributed by atoms with van der Waals surface area (Å²) in [4.78, 5) is 12.5. The Hall–Kier alpha value is -2.67. The third-order valence-corrected chi connectivity index (χ3v) is 4.77. The van der Waals surface area contributed by atoms with Gasteiger partial charge in [-0.1, -0.05) is 0 Å². The lowest BCUT2D eigenvalue weighted by Gasteiger charge is -2.05. The maximum Gasteiger partial charge on any atom is 0.291 e. The first-order valence-corrected chi connectivity index (χ1v) is 8.95. The number of furan rings is 1. The van der Waals surface area contributed by atoms with Gasteiger partial charge < -0.3 is 9.73 Å². The lowest BCUT2D eigenvalue weighted by molar-refractivity contribution is 0.0998. The number of benzene rings is 2. The number of fused-ring (bicyclic) bond motifs is 1. The first kappa shape index (κ1) is 16.2. The Morgan fingerprint density at radius 2 is 1.79 bits per heavy atom. The van der Waals surface area contributed by atoms with Gasteiger partial charge in [0.2, 0.25) is 0 Å². The van der Waals surface area contributed by atoms with Crippen LogP contribution in [-0.4, -0.2) is 20.6 Å². The molecule has 0 bridgehead atoms. The van der Waals surface area contributed by atoms with Crippen molar-refractivity contribution in [3.63, 3.8) is 0 Å². The van der Waals surface area contributed by atoms with Crippen molar-refractivity contribution in [2.45, 2.75) is 11.8 Å². The maximum atomic E-state index is 13.3. The van der Waals surface area contributed by atoms with Crippen LogP contribution in [0.3, 0.4) is 0 Å². The quantitative estimate of drug-likeness (QED) is 0.786. The average molecular weight is 347 g/mol. The van der Waals surface area contributed by atoms with Crippen molar-refractivity contribution in [2.24, 2.45) is 0 Å². The maximum absolute atomic E-state index is 13.3. The molecular formula is C17H14FNO4S. The van der Waals surface area contributed by atoms with Crippen LogP contribution in [0.1, 0.15) is 16.1 Å². The van der Waals surface area contributed by atoms with Gasteiger partial charge in [-0.15, -0.1) is 0 Å². The van der Waals surface area contributed by atoms with E-state index in [0.717, 1.165) is 6.26 Å². The highest BCUT2D eigenvalue weighted by Gasteiger charge is 2.18. The number of sulfone groups is 1. The van der Waals surface area contributed by atoms with Gasteiger partial charge in [0, 0.05) is 22.9 Å². The van der Waals surface area contributed by atoms with Crippen molar-refractivity contribution < 1.29 is 22.0 Å². The molecule has 0 aliphatic carbocycles. The molecule has 0 unspecified atom stereocenters. The summed E-state index contributed by atoms with van der Waals surface area (Å²) in [5.74, 6) is -0.811. The Bertz CT molecular complexity index is 1040. The van der Waals surface area contributed by atoms with E-state index in [2.05, 4.69) is 5.32 Å². The molecule has 3 aromatic rings. The van der Waals surface area contributed by atoms with E-state index in [1.807, 2.05) is 0 Å². The van der Waals surface area contributed by atoms with E-state index in [9.17, 15) is 17.6 Å². The average Bonchev–Trinajstić information content (AvgIpc) is 2.84. The van der Waals surface area contributed by atoms with Gasteiger partial charge in [0.1, 0.15) is 11.4 Å². The molecule has 3 rings (SSSR count). The highest BCUT2D eigenvalue weighted by atomic mass is 32.2. The fourth-order valence-electron chi connectivity index (χ4n) is 2.38. The third kappa shape index (κ3) is 3.03. The highest BCUT2D eigenvalue weighted by molar-refractivity contribution is 7.90. The smallest absolute Gasteiger partial charge is 0.291 e. The molecule has 0 aliphatic rings. The van der Waals surface area contributed by atoms with Crippen LogP contribution in [0.5, 0.6) is 0 Å². The highest BCUT2D eigenvalue weighted by Crippen LogP contribution is 2.26. The second kappa shape index (κ2) is 5.76. The van der Waals surface area contributed by atoms with Crippen molar-refractivity contribution in [1.82, 2.24) is 0 Å². The standard InChI is InChI=1S/C17H14FNO4S/c1-10-14-9-11(18)3-8-15(14)23-16(10)17(20)19-12-4-6-13(7-5-12)24(2,21)22/h3-9H,1-2H3,(H,19,20). The summed E-state index contributed by atoms with van der Waals surface area (Å²) in [6, 6.07) is 9.84. The monoisotopic (exact) mass is 347 g/mol. The number of amides is 1. The second-order valence-electron chi connectivity index (χ2n) is 5.45. The predicted octanol–water partition coefficient (Wildman–Crippen LogP) is 3.54. The zero-order chi connectivity index (χ0) is 17.5. The zero-order valence-corrected chi connectivity index (χ0v) is 13.8. The normalized spacial score (nSPS) is 11.6. The Labute approximate surface area is 138 Å². The van der Waals surface area contributed by atoms with Crippen LogP contribution >= 0.6 is 0 Å². The van der Waals surface area contributed by atoms with Crippen molar-refractivity contribution in [3.05, 3.63) is 59.6 Å². The van der Waals surface area contributed by atoms with E-state index in [1.54, 1.807) is 6.92 Å². The number of hydrogen-bond acceptors (Lipinski definition) is 4. The number of anilines is 1. The van der Waals surface area contributed by atoms with Gasteiger partial charge in [-0.25, -0.2) is 12.8 Å². The molecule has 24 heavy (non-hydrogen) atoms. The first-order chi connectivity index (χ1) is 11.3. The van der Waals surface area contributed by atoms with E-state index in [0.29, 0.717) is 22.2 Å². The predicted molar refractivity (Wildman–Crippen MR) is 88.4 cm³/mol. The lowest BCUT2D eigenvalue weighted by Crippen LogP contribution is -2.12. The summed E-state index contributed by atoms with van der Waals surface area (Å²) in [6.07, 6.45) is 1.11. The fourth-order valence-corrected chi connectivity index (χ4v) is 3.01. The van der Waals surface area contributed by atoms with Crippen LogP contribution in [0.2, 0.25) is 0 Å². The number of rotatable bonds is 3. The van der Waals surface area contributed by atoms with Crippen LogP contribution in [0.25, 0.3) is 11.0 Å². The summed E-state index contributed by atoms with van der Waals surface area (Å²) in [7, 11) is -3.30. The van der Waals surface area contributed by atoms with Gasteiger partial charge in [0.05, 0.1) is 4.90 Å².